The van der Waals surface area contributed by atoms with Crippen LogP contribution in [-0.4, -0.2) is 23.0 Å². The first-order valence-corrected chi connectivity index (χ1v) is 10.4. The van der Waals surface area contributed by atoms with Gasteiger partial charge >= 0.3 is 5.97 Å². The number of carbonyl (C=O) groups excluding carboxylic acids is 1. The summed E-state index contributed by atoms with van der Waals surface area (Å²) >= 11 is 1.18. The third-order valence-electron chi connectivity index (χ3n) is 5.26. The highest BCUT2D eigenvalue weighted by Gasteiger charge is 2.33. The number of aromatic carboxylic acids is 1. The van der Waals surface area contributed by atoms with Crippen molar-refractivity contribution in [3.05, 3.63) is 15.8 Å². The molecule has 2 aliphatic rings. The Morgan fingerprint density at radius 2 is 1.85 bits per heavy atom. The molecule has 2 saturated carbocycles. The number of hydrogen-bond acceptors (Lipinski definition) is 3. The average molecular weight is 374 g/mol. The fraction of sp³-hybridized carbons (Fsp3) is 0.619. The smallest absolute Gasteiger partial charge is 0.348 e. The van der Waals surface area contributed by atoms with Gasteiger partial charge in [0.15, 0.2) is 0 Å². The number of hydrogen-bond donors (Lipinski definition) is 1. The van der Waals surface area contributed by atoms with E-state index in [-0.39, 0.29) is 22.7 Å². The molecule has 4 nitrogen and oxygen atoms in total. The third kappa shape index (κ3) is 4.29. The molecule has 1 aromatic heterocycles. The Labute approximate surface area is 159 Å². The molecule has 1 heterocycles. The first kappa shape index (κ1) is 19.0. The molecule has 140 valence electrons. The molecule has 0 atom stereocenters. The van der Waals surface area contributed by atoms with Crippen molar-refractivity contribution in [2.45, 2.75) is 65.3 Å². The zero-order chi connectivity index (χ0) is 18.8. The molecule has 2 aliphatic carbocycles. The second-order valence-corrected chi connectivity index (χ2v) is 8.98. The number of anilines is 1. The molecule has 0 bridgehead atoms. The topological polar surface area (TPSA) is 57.6 Å². The molecule has 0 aliphatic heterocycles. The normalized spacial score (nSPS) is 22.6. The van der Waals surface area contributed by atoms with Crippen LogP contribution in [-0.2, 0) is 4.79 Å². The van der Waals surface area contributed by atoms with Crippen LogP contribution < -0.4 is 4.90 Å². The van der Waals surface area contributed by atoms with Crippen LogP contribution in [0.5, 0.6) is 0 Å². The molecular weight excluding hydrogens is 346 g/mol. The van der Waals surface area contributed by atoms with E-state index in [1.165, 1.54) is 11.3 Å². The van der Waals surface area contributed by atoms with Gasteiger partial charge < -0.3 is 10.0 Å². The summed E-state index contributed by atoms with van der Waals surface area (Å²) in [5.41, 5.74) is 0.515. The lowest BCUT2D eigenvalue weighted by atomic mass is 9.82. The van der Waals surface area contributed by atoms with Crippen molar-refractivity contribution in [3.63, 3.8) is 0 Å². The minimum atomic E-state index is -0.986. The lowest BCUT2D eigenvalue weighted by Gasteiger charge is -2.33. The fourth-order valence-corrected chi connectivity index (χ4v) is 4.38. The summed E-state index contributed by atoms with van der Waals surface area (Å²) in [5, 5.41) is 9.65. The van der Waals surface area contributed by atoms with E-state index in [0.29, 0.717) is 17.5 Å². The number of thiophene rings is 1. The van der Waals surface area contributed by atoms with Gasteiger partial charge in [-0.2, -0.15) is 0 Å². The Bertz CT molecular complexity index is 743. The van der Waals surface area contributed by atoms with Gasteiger partial charge in [-0.15, -0.1) is 11.3 Å². The van der Waals surface area contributed by atoms with Crippen molar-refractivity contribution < 1.29 is 14.7 Å². The molecule has 0 radical (unpaired) electrons. The number of rotatable bonds is 4. The molecule has 1 aromatic rings. The number of amides is 1. The summed E-state index contributed by atoms with van der Waals surface area (Å²) in [7, 11) is 0. The van der Waals surface area contributed by atoms with Gasteiger partial charge in [-0.3, -0.25) is 4.79 Å². The lowest BCUT2D eigenvalue weighted by molar-refractivity contribution is -0.123. The van der Waals surface area contributed by atoms with Crippen LogP contribution in [0.25, 0.3) is 0 Å². The lowest BCUT2D eigenvalue weighted by Crippen LogP contribution is -2.42. The van der Waals surface area contributed by atoms with Gasteiger partial charge in [0.1, 0.15) is 4.88 Å². The predicted octanol–water partition coefficient (Wildman–Crippen LogP) is 4.78. The number of carbonyl (C=O) groups is 2. The molecule has 1 N–H and O–H groups in total. The Morgan fingerprint density at radius 3 is 2.38 bits per heavy atom. The standard InChI is InChI=1S/C21H27NO3S/c1-13(2)22(20(23)16-9-4-14(3)5-10-16)18-12-17(11-8-15-6-7-15)26-19(18)21(24)25/h12-16H,4-7,9-10H2,1-3H3,(H,24,25). The van der Waals surface area contributed by atoms with Crippen molar-refractivity contribution in [1.82, 2.24) is 0 Å². The van der Waals surface area contributed by atoms with E-state index in [1.54, 1.807) is 11.0 Å². The van der Waals surface area contributed by atoms with Crippen LogP contribution in [0.2, 0.25) is 0 Å². The molecule has 2 fully saturated rings. The van der Waals surface area contributed by atoms with Gasteiger partial charge in [0, 0.05) is 17.9 Å². The SMILES string of the molecule is CC1CCC(C(=O)N(c2cc(C#CC3CC3)sc2C(=O)O)C(C)C)CC1. The van der Waals surface area contributed by atoms with Crippen LogP contribution >= 0.6 is 11.3 Å². The van der Waals surface area contributed by atoms with E-state index >= 15 is 0 Å². The average Bonchev–Trinajstić information content (AvgIpc) is 3.32. The monoisotopic (exact) mass is 373 g/mol. The summed E-state index contributed by atoms with van der Waals surface area (Å²) < 4.78 is 0. The zero-order valence-corrected chi connectivity index (χ0v) is 16.6. The third-order valence-corrected chi connectivity index (χ3v) is 6.29. The molecule has 26 heavy (non-hydrogen) atoms. The van der Waals surface area contributed by atoms with E-state index in [0.717, 1.165) is 43.4 Å². The van der Waals surface area contributed by atoms with Crippen molar-refractivity contribution in [1.29, 1.82) is 0 Å². The Balaban J connectivity index is 1.90. The van der Waals surface area contributed by atoms with Crippen LogP contribution in [0.4, 0.5) is 5.69 Å². The highest BCUT2D eigenvalue weighted by molar-refractivity contribution is 7.15. The summed E-state index contributed by atoms with van der Waals surface area (Å²) in [6.07, 6.45) is 6.18. The number of carboxylic acid groups (broad SMARTS) is 1. The second-order valence-electron chi connectivity index (χ2n) is 7.93. The Hall–Kier alpha value is -1.80. The molecule has 3 rings (SSSR count). The zero-order valence-electron chi connectivity index (χ0n) is 15.7. The van der Waals surface area contributed by atoms with E-state index in [4.69, 9.17) is 0 Å². The van der Waals surface area contributed by atoms with Crippen molar-refractivity contribution in [3.8, 4) is 11.8 Å². The van der Waals surface area contributed by atoms with E-state index < -0.39 is 5.97 Å². The maximum atomic E-state index is 13.2. The number of nitrogens with zero attached hydrogens (tertiary/aromatic N) is 1. The number of carboxylic acids is 1. The highest BCUT2D eigenvalue weighted by Crippen LogP contribution is 2.36. The molecule has 0 spiro atoms. The molecule has 0 aromatic carbocycles. The summed E-state index contributed by atoms with van der Waals surface area (Å²) in [5.74, 6) is 6.50. The summed E-state index contributed by atoms with van der Waals surface area (Å²) in [6.45, 7) is 6.12. The molecule has 0 saturated heterocycles. The van der Waals surface area contributed by atoms with Crippen LogP contribution in [0.15, 0.2) is 6.07 Å². The van der Waals surface area contributed by atoms with Gasteiger partial charge in [-0.05, 0) is 64.4 Å². The van der Waals surface area contributed by atoms with Crippen LogP contribution in [0.3, 0.4) is 0 Å². The van der Waals surface area contributed by atoms with E-state index in [9.17, 15) is 14.7 Å². The van der Waals surface area contributed by atoms with Crippen molar-refractivity contribution >= 4 is 28.9 Å². The second kappa shape index (κ2) is 7.84. The molecular formula is C21H27NO3S. The maximum absolute atomic E-state index is 13.2. The van der Waals surface area contributed by atoms with Crippen molar-refractivity contribution in [2.75, 3.05) is 4.90 Å². The summed E-state index contributed by atoms with van der Waals surface area (Å²) in [4.78, 5) is 27.6. The van der Waals surface area contributed by atoms with Gasteiger partial charge in [-0.1, -0.05) is 18.8 Å². The van der Waals surface area contributed by atoms with E-state index in [1.807, 2.05) is 13.8 Å². The van der Waals surface area contributed by atoms with E-state index in [2.05, 4.69) is 18.8 Å². The maximum Gasteiger partial charge on any atom is 0.348 e. The van der Waals surface area contributed by atoms with Crippen molar-refractivity contribution in [2.24, 2.45) is 17.8 Å². The minimum absolute atomic E-state index is 0.00357. The Kier molecular flexibility index (Phi) is 5.72. The van der Waals surface area contributed by atoms with Gasteiger partial charge in [0.05, 0.1) is 10.6 Å². The fourth-order valence-electron chi connectivity index (χ4n) is 3.53. The van der Waals surface area contributed by atoms with Crippen LogP contribution in [0, 0.1) is 29.6 Å². The van der Waals surface area contributed by atoms with Gasteiger partial charge in [0.25, 0.3) is 0 Å². The predicted molar refractivity (Wildman–Crippen MR) is 105 cm³/mol. The Morgan fingerprint density at radius 1 is 1.19 bits per heavy atom. The highest BCUT2D eigenvalue weighted by atomic mass is 32.1. The molecule has 0 unspecified atom stereocenters. The first-order chi connectivity index (χ1) is 12.4. The largest absolute Gasteiger partial charge is 0.477 e. The first-order valence-electron chi connectivity index (χ1n) is 9.58. The van der Waals surface area contributed by atoms with Gasteiger partial charge in [0.2, 0.25) is 5.91 Å². The quantitative estimate of drug-likeness (QED) is 0.773. The van der Waals surface area contributed by atoms with Gasteiger partial charge in [-0.25, -0.2) is 4.79 Å². The molecule has 5 heteroatoms. The summed E-state index contributed by atoms with van der Waals surface area (Å²) in [6, 6.07) is 1.71. The van der Waals surface area contributed by atoms with Crippen LogP contribution in [0.1, 0.15) is 73.8 Å². The molecule has 1 amide bonds. The minimum Gasteiger partial charge on any atom is -0.477 e.